The quantitative estimate of drug-likeness (QED) is 0.529. The summed E-state index contributed by atoms with van der Waals surface area (Å²) < 4.78 is 0. The van der Waals surface area contributed by atoms with Crippen molar-refractivity contribution < 1.29 is 19.8 Å². The number of carbonyl (C=O) groups is 2. The molecule has 2 aromatic carbocycles. The SMILES string of the molecule is NCc1cccc(C2CCN(C(=O)c3cccc(NC(=O)[C@H]4C[C@@H]5CC[C@H]4[C@@H](O)[C@H]5O)c3)CC2)c1. The highest BCUT2D eigenvalue weighted by atomic mass is 16.3. The van der Waals surface area contributed by atoms with Gasteiger partial charge in [0.15, 0.2) is 0 Å². The Morgan fingerprint density at radius 1 is 0.971 bits per heavy atom. The van der Waals surface area contributed by atoms with Crippen molar-refractivity contribution in [1.29, 1.82) is 0 Å². The third-order valence-corrected chi connectivity index (χ3v) is 8.37. The van der Waals surface area contributed by atoms with Crippen LogP contribution in [0.4, 0.5) is 5.69 Å². The van der Waals surface area contributed by atoms with Crippen LogP contribution in [0.25, 0.3) is 0 Å². The standard InChI is InChI=1S/C28H35N3O4/c29-16-17-3-1-4-19(13-17)18-9-11-31(12-10-18)28(35)21-5-2-6-22(14-21)30-27(34)24-15-20-7-8-23(24)26(33)25(20)32/h1-6,13-14,18,20,23-26,32-33H,7-12,15-16,29H2,(H,30,34)/t20-,23+,24-,25-,26+/m0/s1. The average Bonchev–Trinajstić information content (AvgIpc) is 2.91. The van der Waals surface area contributed by atoms with E-state index >= 15 is 0 Å². The van der Waals surface area contributed by atoms with E-state index in [2.05, 4.69) is 23.5 Å². The molecule has 5 atom stereocenters. The number of fused-ring (bicyclic) bond motifs is 3. The summed E-state index contributed by atoms with van der Waals surface area (Å²) in [6.45, 7) is 1.92. The highest BCUT2D eigenvalue weighted by Gasteiger charge is 2.49. The Labute approximate surface area is 206 Å². The van der Waals surface area contributed by atoms with E-state index in [1.165, 1.54) is 5.56 Å². The second kappa shape index (κ2) is 10.1. The van der Waals surface area contributed by atoms with Crippen LogP contribution in [0.5, 0.6) is 0 Å². The summed E-state index contributed by atoms with van der Waals surface area (Å²) in [5, 5.41) is 23.5. The summed E-state index contributed by atoms with van der Waals surface area (Å²) in [5.41, 5.74) is 9.36. The Morgan fingerprint density at radius 3 is 2.49 bits per heavy atom. The second-order valence-corrected chi connectivity index (χ2v) is 10.4. The van der Waals surface area contributed by atoms with Gasteiger partial charge in [0.25, 0.3) is 5.91 Å². The molecule has 0 radical (unpaired) electrons. The van der Waals surface area contributed by atoms with Crippen molar-refractivity contribution in [2.45, 2.75) is 56.8 Å². The van der Waals surface area contributed by atoms with Crippen LogP contribution in [0.1, 0.15) is 59.5 Å². The van der Waals surface area contributed by atoms with Crippen molar-refractivity contribution in [3.05, 3.63) is 65.2 Å². The number of amides is 2. The number of anilines is 1. The van der Waals surface area contributed by atoms with Gasteiger partial charge in [-0.25, -0.2) is 0 Å². The number of aliphatic hydroxyl groups excluding tert-OH is 2. The van der Waals surface area contributed by atoms with Crippen LogP contribution in [0, 0.1) is 17.8 Å². The van der Waals surface area contributed by atoms with Gasteiger partial charge in [-0.2, -0.15) is 0 Å². The molecule has 2 bridgehead atoms. The predicted molar refractivity (Wildman–Crippen MR) is 134 cm³/mol. The van der Waals surface area contributed by atoms with Gasteiger partial charge in [-0.05, 0) is 79.2 Å². The Bertz CT molecular complexity index is 1080. The molecule has 5 N–H and O–H groups in total. The number of likely N-dealkylation sites (tertiary alicyclic amines) is 1. The lowest BCUT2D eigenvalue weighted by molar-refractivity contribution is -0.150. The largest absolute Gasteiger partial charge is 0.390 e. The molecule has 7 nitrogen and oxygen atoms in total. The zero-order valence-electron chi connectivity index (χ0n) is 20.0. The number of piperidine rings is 1. The zero-order chi connectivity index (χ0) is 24.5. The lowest BCUT2D eigenvalue weighted by Gasteiger charge is -2.47. The van der Waals surface area contributed by atoms with E-state index in [9.17, 15) is 19.8 Å². The highest BCUT2D eigenvalue weighted by molar-refractivity contribution is 5.98. The highest BCUT2D eigenvalue weighted by Crippen LogP contribution is 2.45. The van der Waals surface area contributed by atoms with E-state index in [4.69, 9.17) is 5.73 Å². The third-order valence-electron chi connectivity index (χ3n) is 8.37. The summed E-state index contributed by atoms with van der Waals surface area (Å²) in [4.78, 5) is 28.1. The van der Waals surface area contributed by atoms with E-state index in [1.54, 1.807) is 24.3 Å². The number of rotatable bonds is 5. The predicted octanol–water partition coefficient (Wildman–Crippen LogP) is 2.87. The number of carbonyl (C=O) groups excluding carboxylic acids is 2. The Hall–Kier alpha value is -2.74. The number of aliphatic hydroxyl groups is 2. The van der Waals surface area contributed by atoms with Crippen molar-refractivity contribution in [3.63, 3.8) is 0 Å². The minimum absolute atomic E-state index is 0.0227. The van der Waals surface area contributed by atoms with Gasteiger partial charge in [0.2, 0.25) is 5.91 Å². The maximum atomic E-state index is 13.2. The van der Waals surface area contributed by atoms with Gasteiger partial charge in [-0.15, -0.1) is 0 Å². The average molecular weight is 478 g/mol. The number of benzene rings is 2. The maximum absolute atomic E-state index is 13.2. The van der Waals surface area contributed by atoms with Gasteiger partial charge in [0, 0.05) is 36.8 Å². The van der Waals surface area contributed by atoms with Crippen LogP contribution in [0.2, 0.25) is 0 Å². The molecule has 6 rings (SSSR count). The van der Waals surface area contributed by atoms with Crippen LogP contribution in [0.3, 0.4) is 0 Å². The van der Waals surface area contributed by atoms with Crippen LogP contribution in [-0.4, -0.2) is 52.2 Å². The smallest absolute Gasteiger partial charge is 0.253 e. The van der Waals surface area contributed by atoms with Crippen LogP contribution in [0.15, 0.2) is 48.5 Å². The van der Waals surface area contributed by atoms with Gasteiger partial charge in [0.05, 0.1) is 12.2 Å². The molecule has 2 aromatic rings. The fourth-order valence-corrected chi connectivity index (χ4v) is 6.32. The van der Waals surface area contributed by atoms with Crippen molar-refractivity contribution in [2.75, 3.05) is 18.4 Å². The van der Waals surface area contributed by atoms with E-state index in [0.29, 0.717) is 43.2 Å². The molecular weight excluding hydrogens is 442 g/mol. The minimum Gasteiger partial charge on any atom is -0.390 e. The molecule has 4 fully saturated rings. The normalized spacial score (nSPS) is 28.7. The summed E-state index contributed by atoms with van der Waals surface area (Å²) in [6.07, 6.45) is 2.46. The summed E-state index contributed by atoms with van der Waals surface area (Å²) >= 11 is 0. The minimum atomic E-state index is -0.841. The summed E-state index contributed by atoms with van der Waals surface area (Å²) in [7, 11) is 0. The van der Waals surface area contributed by atoms with E-state index in [1.807, 2.05) is 11.0 Å². The molecule has 1 aliphatic heterocycles. The van der Waals surface area contributed by atoms with Crippen molar-refractivity contribution in [2.24, 2.45) is 23.5 Å². The molecule has 4 aliphatic rings. The molecule has 35 heavy (non-hydrogen) atoms. The molecule has 0 unspecified atom stereocenters. The molecule has 1 saturated heterocycles. The second-order valence-electron chi connectivity index (χ2n) is 10.4. The van der Waals surface area contributed by atoms with Gasteiger partial charge in [0.1, 0.15) is 0 Å². The molecule has 0 spiro atoms. The maximum Gasteiger partial charge on any atom is 0.253 e. The molecule has 7 heteroatoms. The van der Waals surface area contributed by atoms with Gasteiger partial charge in [-0.1, -0.05) is 30.3 Å². The number of hydrogen-bond acceptors (Lipinski definition) is 5. The zero-order valence-corrected chi connectivity index (χ0v) is 20.0. The molecule has 1 heterocycles. The van der Waals surface area contributed by atoms with Crippen LogP contribution >= 0.6 is 0 Å². The Morgan fingerprint density at radius 2 is 1.74 bits per heavy atom. The van der Waals surface area contributed by atoms with Gasteiger partial charge in [-0.3, -0.25) is 9.59 Å². The van der Waals surface area contributed by atoms with Gasteiger partial charge < -0.3 is 26.2 Å². The molecule has 3 aliphatic carbocycles. The number of nitrogens with one attached hydrogen (secondary N) is 1. The van der Waals surface area contributed by atoms with E-state index < -0.39 is 12.2 Å². The monoisotopic (exact) mass is 477 g/mol. The van der Waals surface area contributed by atoms with Crippen molar-refractivity contribution in [3.8, 4) is 0 Å². The third kappa shape index (κ3) is 4.85. The first-order valence-electron chi connectivity index (χ1n) is 12.8. The van der Waals surface area contributed by atoms with E-state index in [-0.39, 0.29) is 29.6 Å². The van der Waals surface area contributed by atoms with Gasteiger partial charge >= 0.3 is 0 Å². The first-order chi connectivity index (χ1) is 16.9. The first-order valence-corrected chi connectivity index (χ1v) is 12.8. The molecule has 186 valence electrons. The van der Waals surface area contributed by atoms with E-state index in [0.717, 1.165) is 31.2 Å². The topological polar surface area (TPSA) is 116 Å². The molecule has 3 saturated carbocycles. The lowest BCUT2D eigenvalue weighted by Crippen LogP contribution is -2.54. The summed E-state index contributed by atoms with van der Waals surface area (Å²) in [5.74, 6) is -0.300. The Kier molecular flexibility index (Phi) is 6.91. The Balaban J connectivity index is 1.20. The van der Waals surface area contributed by atoms with Crippen LogP contribution < -0.4 is 11.1 Å². The molecule has 2 amide bonds. The van der Waals surface area contributed by atoms with Crippen molar-refractivity contribution in [1.82, 2.24) is 4.90 Å². The fourth-order valence-electron chi connectivity index (χ4n) is 6.32. The number of hydrogen-bond donors (Lipinski definition) is 4. The fraction of sp³-hybridized carbons (Fsp3) is 0.500. The lowest BCUT2D eigenvalue weighted by atomic mass is 9.61. The van der Waals surface area contributed by atoms with Crippen LogP contribution in [-0.2, 0) is 11.3 Å². The summed E-state index contributed by atoms with van der Waals surface area (Å²) in [6, 6.07) is 15.5. The molecule has 0 aromatic heterocycles. The number of nitrogens with two attached hydrogens (primary N) is 1. The number of nitrogens with zero attached hydrogens (tertiary/aromatic N) is 1. The van der Waals surface area contributed by atoms with Crippen molar-refractivity contribution >= 4 is 17.5 Å². The first kappa shape index (κ1) is 24.0. The molecular formula is C28H35N3O4.